The van der Waals surface area contributed by atoms with Gasteiger partial charge in [0, 0.05) is 23.0 Å². The normalized spacial score (nSPS) is 12.5. The fraction of sp³-hybridized carbons (Fsp3) is 0.208. The molecule has 5 heterocycles. The Morgan fingerprint density at radius 2 is 1.92 bits per heavy atom. The van der Waals surface area contributed by atoms with Gasteiger partial charge in [0.25, 0.3) is 18.2 Å². The molecule has 0 saturated heterocycles. The van der Waals surface area contributed by atoms with Gasteiger partial charge >= 0.3 is 0 Å². The van der Waals surface area contributed by atoms with E-state index in [2.05, 4.69) is 30.2 Å². The average molecular weight is 558 g/mol. The topological polar surface area (TPSA) is 123 Å². The highest BCUT2D eigenvalue weighted by Crippen LogP contribution is 2.35. The summed E-state index contributed by atoms with van der Waals surface area (Å²) in [5, 5.41) is 3.38. The molecule has 14 heteroatoms. The Balaban J connectivity index is 1.34. The predicted molar refractivity (Wildman–Crippen MR) is 134 cm³/mol. The number of rotatable bonds is 6. The molecule has 0 saturated carbocycles. The average Bonchev–Trinajstić information content (AvgIpc) is 3.47. The lowest BCUT2D eigenvalue weighted by molar-refractivity contribution is 0.0742. The summed E-state index contributed by atoms with van der Waals surface area (Å²) in [4.78, 5) is 48.4. The molecule has 0 atom stereocenters. The quantitative estimate of drug-likeness (QED) is 0.338. The molecule has 0 spiro atoms. The maximum atomic E-state index is 13.3. The molecule has 0 unspecified atom stereocenters. The summed E-state index contributed by atoms with van der Waals surface area (Å²) in [6.45, 7) is 2.14. The Morgan fingerprint density at radius 1 is 1.11 bits per heavy atom. The van der Waals surface area contributed by atoms with Crippen molar-refractivity contribution in [2.75, 3.05) is 12.4 Å². The van der Waals surface area contributed by atoms with Gasteiger partial charge in [0.05, 0.1) is 54.9 Å². The monoisotopic (exact) mass is 557 g/mol. The Hall–Kier alpha value is -4.10. The number of fused-ring (bicyclic) bond motifs is 1. The van der Waals surface area contributed by atoms with Crippen LogP contribution in [0.5, 0.6) is 5.75 Å². The van der Waals surface area contributed by atoms with Crippen molar-refractivity contribution < 1.29 is 23.1 Å². The van der Waals surface area contributed by atoms with Crippen LogP contribution in [0.3, 0.4) is 0 Å². The maximum absolute atomic E-state index is 13.3. The number of halogens is 3. The number of nitrogens with zero attached hydrogens (tertiary/aromatic N) is 6. The van der Waals surface area contributed by atoms with Gasteiger partial charge in [-0.15, -0.1) is 0 Å². The van der Waals surface area contributed by atoms with Crippen LogP contribution in [0.25, 0.3) is 11.1 Å². The van der Waals surface area contributed by atoms with E-state index in [0.717, 1.165) is 17.3 Å². The van der Waals surface area contributed by atoms with E-state index in [1.165, 1.54) is 35.7 Å². The smallest absolute Gasteiger partial charge is 0.281 e. The van der Waals surface area contributed by atoms with Crippen LogP contribution in [0, 0.1) is 6.92 Å². The van der Waals surface area contributed by atoms with Crippen molar-refractivity contribution >= 4 is 39.9 Å². The van der Waals surface area contributed by atoms with Crippen molar-refractivity contribution in [2.45, 2.75) is 26.4 Å². The number of hydrogen-bond donors (Lipinski definition) is 1. The van der Waals surface area contributed by atoms with Crippen molar-refractivity contribution in [3.63, 3.8) is 0 Å². The van der Waals surface area contributed by atoms with Crippen LogP contribution >= 0.6 is 22.9 Å². The molecule has 4 aromatic heterocycles. The number of nitrogens with one attached hydrogen (secondary N) is 1. The fourth-order valence-electron chi connectivity index (χ4n) is 3.91. The van der Waals surface area contributed by atoms with E-state index in [1.54, 1.807) is 19.1 Å². The summed E-state index contributed by atoms with van der Waals surface area (Å²) < 4.78 is 31.3. The van der Waals surface area contributed by atoms with Gasteiger partial charge in [-0.25, -0.2) is 23.7 Å². The maximum Gasteiger partial charge on any atom is 0.281 e. The second kappa shape index (κ2) is 10.3. The molecule has 38 heavy (non-hydrogen) atoms. The third kappa shape index (κ3) is 5.02. The van der Waals surface area contributed by atoms with Crippen molar-refractivity contribution in [2.24, 2.45) is 0 Å². The third-order valence-electron chi connectivity index (χ3n) is 5.69. The van der Waals surface area contributed by atoms with Gasteiger partial charge in [-0.3, -0.25) is 24.9 Å². The molecular weight excluding hydrogens is 540 g/mol. The first kappa shape index (κ1) is 25.5. The number of carbonyl (C=O) groups excluding carboxylic acids is 2. The number of anilines is 1. The molecule has 0 radical (unpaired) electrons. The molecule has 0 fully saturated rings. The van der Waals surface area contributed by atoms with Gasteiger partial charge in [0.2, 0.25) is 0 Å². The number of carbonyl (C=O) groups is 2. The highest BCUT2D eigenvalue weighted by atomic mass is 35.5. The standard InChI is InChI=1S/C24H18ClF2N7O3S/c1-11-3-12(13-4-20(25)30-8-18(13)37-2)14(5-29-11)22(35)33-24-32-17-9-34(10-19(17)38-24)23(36)16-7-28-6-15(31-16)21(26)27/h3-8,21H,9-10H2,1-2H3,(H,32,33,35). The summed E-state index contributed by atoms with van der Waals surface area (Å²) in [6, 6.07) is 3.36. The van der Waals surface area contributed by atoms with Crippen LogP contribution in [0.1, 0.15) is 49.2 Å². The van der Waals surface area contributed by atoms with Gasteiger partial charge in [-0.2, -0.15) is 0 Å². The van der Waals surface area contributed by atoms with E-state index in [4.69, 9.17) is 16.3 Å². The van der Waals surface area contributed by atoms with Crippen LogP contribution in [-0.2, 0) is 13.1 Å². The number of alkyl halides is 2. The highest BCUT2D eigenvalue weighted by Gasteiger charge is 2.30. The minimum Gasteiger partial charge on any atom is -0.494 e. The van der Waals surface area contributed by atoms with Crippen LogP contribution in [0.4, 0.5) is 13.9 Å². The van der Waals surface area contributed by atoms with E-state index in [-0.39, 0.29) is 29.5 Å². The summed E-state index contributed by atoms with van der Waals surface area (Å²) in [7, 11) is 1.50. The first-order valence-corrected chi connectivity index (χ1v) is 12.3. The molecule has 1 aliphatic rings. The zero-order valence-electron chi connectivity index (χ0n) is 19.9. The van der Waals surface area contributed by atoms with Crippen LogP contribution in [0.15, 0.2) is 36.9 Å². The molecule has 194 valence electrons. The minimum absolute atomic E-state index is 0.144. The summed E-state index contributed by atoms with van der Waals surface area (Å²) >= 11 is 7.32. The summed E-state index contributed by atoms with van der Waals surface area (Å²) in [5.74, 6) is -0.533. The molecule has 10 nitrogen and oxygen atoms in total. The Morgan fingerprint density at radius 3 is 2.66 bits per heavy atom. The predicted octanol–water partition coefficient (Wildman–Crippen LogP) is 4.71. The van der Waals surface area contributed by atoms with E-state index in [1.807, 2.05) is 0 Å². The third-order valence-corrected chi connectivity index (χ3v) is 6.89. The molecule has 5 rings (SSSR count). The largest absolute Gasteiger partial charge is 0.494 e. The molecule has 1 aliphatic heterocycles. The van der Waals surface area contributed by atoms with E-state index < -0.39 is 23.9 Å². The second-order valence-corrected chi connectivity index (χ2v) is 9.68. The van der Waals surface area contributed by atoms with Crippen molar-refractivity contribution in [3.05, 3.63) is 75.3 Å². The SMILES string of the molecule is COc1cnc(Cl)cc1-c1cc(C)ncc1C(=O)Nc1nc2c(s1)CN(C(=O)c1cncc(C(F)F)n1)C2. The molecule has 4 aromatic rings. The Bertz CT molecular complexity index is 1540. The number of methoxy groups -OCH3 is 1. The number of amides is 2. The fourth-order valence-corrected chi connectivity index (χ4v) is 5.05. The highest BCUT2D eigenvalue weighted by molar-refractivity contribution is 7.16. The van der Waals surface area contributed by atoms with Crippen molar-refractivity contribution in [3.8, 4) is 16.9 Å². The summed E-state index contributed by atoms with van der Waals surface area (Å²) in [6.07, 6.45) is 2.18. The first-order valence-electron chi connectivity index (χ1n) is 11.1. The van der Waals surface area contributed by atoms with E-state index >= 15 is 0 Å². The van der Waals surface area contributed by atoms with Gasteiger partial charge in [0.15, 0.2) is 5.13 Å². The zero-order chi connectivity index (χ0) is 27.0. The van der Waals surface area contributed by atoms with Crippen LogP contribution < -0.4 is 10.1 Å². The van der Waals surface area contributed by atoms with Crippen molar-refractivity contribution in [1.82, 2.24) is 29.8 Å². The number of hydrogen-bond acceptors (Lipinski definition) is 9. The molecule has 2 amide bonds. The van der Waals surface area contributed by atoms with Gasteiger partial charge in [-0.05, 0) is 19.1 Å². The Labute approximate surface area is 223 Å². The lowest BCUT2D eigenvalue weighted by atomic mass is 10.0. The van der Waals surface area contributed by atoms with Gasteiger partial charge in [0.1, 0.15) is 22.3 Å². The van der Waals surface area contributed by atoms with Crippen LogP contribution in [-0.4, -0.2) is 48.7 Å². The summed E-state index contributed by atoms with van der Waals surface area (Å²) in [5.41, 5.74) is 1.97. The van der Waals surface area contributed by atoms with Gasteiger partial charge in [-0.1, -0.05) is 22.9 Å². The van der Waals surface area contributed by atoms with Gasteiger partial charge < -0.3 is 9.64 Å². The molecular formula is C24H18ClF2N7O3S. The lowest BCUT2D eigenvalue weighted by Crippen LogP contribution is -2.27. The van der Waals surface area contributed by atoms with Crippen molar-refractivity contribution in [1.29, 1.82) is 0 Å². The zero-order valence-corrected chi connectivity index (χ0v) is 21.5. The van der Waals surface area contributed by atoms with E-state index in [9.17, 15) is 18.4 Å². The van der Waals surface area contributed by atoms with Crippen LogP contribution in [0.2, 0.25) is 5.15 Å². The number of aryl methyl sites for hydroxylation is 1. The molecule has 1 N–H and O–H groups in total. The minimum atomic E-state index is -2.83. The number of thiazole rings is 1. The number of aromatic nitrogens is 5. The molecule has 0 bridgehead atoms. The van der Waals surface area contributed by atoms with E-state index in [0.29, 0.717) is 33.4 Å². The first-order chi connectivity index (χ1) is 18.2. The second-order valence-electron chi connectivity index (χ2n) is 8.21. The number of ether oxygens (including phenoxy) is 1. The molecule has 0 aromatic carbocycles. The lowest BCUT2D eigenvalue weighted by Gasteiger charge is -2.15. The Kier molecular flexibility index (Phi) is 6.95. The number of pyridine rings is 2. The molecule has 0 aliphatic carbocycles.